The fourth-order valence-corrected chi connectivity index (χ4v) is 0.866. The molecule has 0 aliphatic heterocycles. The van der Waals surface area contributed by atoms with Crippen molar-refractivity contribution in [3.63, 3.8) is 0 Å². The van der Waals surface area contributed by atoms with Crippen LogP contribution in [0, 0.1) is 0 Å². The molecular formula is C10H20O4. The number of aliphatic hydroxyl groups excluding tert-OH is 1. The average molecular weight is 204 g/mol. The maximum absolute atomic E-state index is 11.3. The average Bonchev–Trinajstić information content (AvgIpc) is 2.03. The molecule has 4 nitrogen and oxygen atoms in total. The second kappa shape index (κ2) is 5.98. The molecule has 0 aliphatic carbocycles. The summed E-state index contributed by atoms with van der Waals surface area (Å²) in [5.41, 5.74) is -0.454. The molecule has 0 fully saturated rings. The molecule has 0 spiro atoms. The predicted octanol–water partition coefficient (Wildman–Crippen LogP) is 1.12. The molecule has 0 aromatic rings. The van der Waals surface area contributed by atoms with E-state index in [0.29, 0.717) is 0 Å². The third-order valence-corrected chi connectivity index (χ3v) is 2.00. The molecule has 0 saturated heterocycles. The number of carbonyl (C=O) groups excluding carboxylic acids is 1. The molecule has 0 aromatic heterocycles. The minimum Gasteiger partial charge on any atom is -0.460 e. The molecule has 0 aromatic carbocycles. The van der Waals surface area contributed by atoms with E-state index in [9.17, 15) is 9.90 Å². The number of esters is 1. The third kappa shape index (κ3) is 5.94. The summed E-state index contributed by atoms with van der Waals surface area (Å²) in [4.78, 5) is 11.3. The summed E-state index contributed by atoms with van der Waals surface area (Å²) in [5.74, 6) is -0.388. The maximum Gasteiger partial charge on any atom is 0.309 e. The van der Waals surface area contributed by atoms with Crippen molar-refractivity contribution in [1.29, 1.82) is 0 Å². The largest absolute Gasteiger partial charge is 0.460 e. The van der Waals surface area contributed by atoms with Gasteiger partial charge in [-0.15, -0.1) is 0 Å². The van der Waals surface area contributed by atoms with Crippen molar-refractivity contribution in [2.75, 3.05) is 13.7 Å². The van der Waals surface area contributed by atoms with E-state index in [1.807, 2.05) is 20.8 Å². The smallest absolute Gasteiger partial charge is 0.309 e. The van der Waals surface area contributed by atoms with Crippen molar-refractivity contribution in [3.8, 4) is 0 Å². The zero-order valence-corrected chi connectivity index (χ0v) is 9.37. The highest BCUT2D eigenvalue weighted by atomic mass is 16.6. The molecule has 1 atom stereocenters. The van der Waals surface area contributed by atoms with Gasteiger partial charge in [-0.1, -0.05) is 6.92 Å². The summed E-state index contributed by atoms with van der Waals surface area (Å²) in [6.07, 6.45) is -0.0451. The lowest BCUT2D eigenvalue weighted by Gasteiger charge is -2.23. The van der Waals surface area contributed by atoms with Crippen LogP contribution in [-0.4, -0.2) is 36.5 Å². The zero-order chi connectivity index (χ0) is 11.2. The van der Waals surface area contributed by atoms with Gasteiger partial charge in [0.25, 0.3) is 0 Å². The molecule has 84 valence electrons. The molecule has 14 heavy (non-hydrogen) atoms. The van der Waals surface area contributed by atoms with Crippen LogP contribution in [0.25, 0.3) is 0 Å². The number of hydrogen-bond donors (Lipinski definition) is 1. The Labute approximate surface area is 85.2 Å². The van der Waals surface area contributed by atoms with E-state index in [1.54, 1.807) is 0 Å². The first-order valence-electron chi connectivity index (χ1n) is 4.80. The third-order valence-electron chi connectivity index (χ3n) is 2.00. The minimum absolute atomic E-state index is 0.0166. The van der Waals surface area contributed by atoms with Gasteiger partial charge in [0.05, 0.1) is 19.1 Å². The van der Waals surface area contributed by atoms with E-state index in [4.69, 9.17) is 9.47 Å². The lowest BCUT2D eigenvalue weighted by molar-refractivity contribution is -0.159. The Kier molecular flexibility index (Phi) is 5.72. The first-order chi connectivity index (χ1) is 6.41. The lowest BCUT2D eigenvalue weighted by atomic mass is 10.1. The quantitative estimate of drug-likeness (QED) is 0.659. The maximum atomic E-state index is 11.3. The topological polar surface area (TPSA) is 55.8 Å². The lowest BCUT2D eigenvalue weighted by Crippen LogP contribution is -2.30. The normalized spacial score (nSPS) is 13.8. The van der Waals surface area contributed by atoms with Crippen molar-refractivity contribution in [2.24, 2.45) is 0 Å². The Hall–Kier alpha value is -0.610. The van der Waals surface area contributed by atoms with Crippen LogP contribution in [0.15, 0.2) is 0 Å². The van der Waals surface area contributed by atoms with Gasteiger partial charge in [-0.05, 0) is 20.3 Å². The zero-order valence-electron chi connectivity index (χ0n) is 9.37. The SMILES string of the molecule is CCC(C)(C)OC(=O)CC(O)COC. The summed E-state index contributed by atoms with van der Waals surface area (Å²) in [7, 11) is 1.48. The van der Waals surface area contributed by atoms with Crippen molar-refractivity contribution < 1.29 is 19.4 Å². The highest BCUT2D eigenvalue weighted by Gasteiger charge is 2.21. The predicted molar refractivity (Wildman–Crippen MR) is 53.0 cm³/mol. The van der Waals surface area contributed by atoms with Gasteiger partial charge in [-0.2, -0.15) is 0 Å². The van der Waals surface area contributed by atoms with Crippen LogP contribution in [0.1, 0.15) is 33.6 Å². The van der Waals surface area contributed by atoms with Gasteiger partial charge in [-0.25, -0.2) is 0 Å². The van der Waals surface area contributed by atoms with Gasteiger partial charge in [0.2, 0.25) is 0 Å². The minimum atomic E-state index is -0.778. The fraction of sp³-hybridized carbons (Fsp3) is 0.900. The number of hydrogen-bond acceptors (Lipinski definition) is 4. The summed E-state index contributed by atoms with van der Waals surface area (Å²) in [6.45, 7) is 5.78. The molecule has 0 rings (SSSR count). The number of carbonyl (C=O) groups is 1. The first-order valence-corrected chi connectivity index (χ1v) is 4.80. The van der Waals surface area contributed by atoms with Crippen LogP contribution in [0.3, 0.4) is 0 Å². The molecule has 0 radical (unpaired) electrons. The molecule has 1 unspecified atom stereocenters. The van der Waals surface area contributed by atoms with Gasteiger partial charge in [0.1, 0.15) is 5.60 Å². The summed E-state index contributed by atoms with van der Waals surface area (Å²) in [5, 5.41) is 9.26. The van der Waals surface area contributed by atoms with Gasteiger partial charge in [-0.3, -0.25) is 4.79 Å². The Bertz CT molecular complexity index is 177. The van der Waals surface area contributed by atoms with E-state index in [-0.39, 0.29) is 19.0 Å². The summed E-state index contributed by atoms with van der Waals surface area (Å²) < 4.78 is 9.85. The van der Waals surface area contributed by atoms with Crippen molar-refractivity contribution in [1.82, 2.24) is 0 Å². The Balaban J connectivity index is 3.86. The number of aliphatic hydroxyl groups is 1. The molecular weight excluding hydrogens is 184 g/mol. The Morgan fingerprint density at radius 2 is 2.07 bits per heavy atom. The fourth-order valence-electron chi connectivity index (χ4n) is 0.866. The van der Waals surface area contributed by atoms with E-state index >= 15 is 0 Å². The Morgan fingerprint density at radius 1 is 1.50 bits per heavy atom. The van der Waals surface area contributed by atoms with Crippen LogP contribution >= 0.6 is 0 Å². The van der Waals surface area contributed by atoms with E-state index < -0.39 is 11.7 Å². The van der Waals surface area contributed by atoms with Gasteiger partial charge >= 0.3 is 5.97 Å². The molecule has 0 aliphatic rings. The second-order valence-corrected chi connectivity index (χ2v) is 3.90. The highest BCUT2D eigenvalue weighted by molar-refractivity contribution is 5.70. The number of rotatable bonds is 6. The monoisotopic (exact) mass is 204 g/mol. The van der Waals surface area contributed by atoms with Gasteiger partial charge in [0.15, 0.2) is 0 Å². The number of ether oxygens (including phenoxy) is 2. The molecule has 0 bridgehead atoms. The van der Waals surface area contributed by atoms with Crippen LogP contribution in [-0.2, 0) is 14.3 Å². The molecule has 1 N–H and O–H groups in total. The van der Waals surface area contributed by atoms with E-state index in [1.165, 1.54) is 7.11 Å². The second-order valence-electron chi connectivity index (χ2n) is 3.90. The van der Waals surface area contributed by atoms with Crippen LogP contribution in [0.2, 0.25) is 0 Å². The van der Waals surface area contributed by atoms with Crippen molar-refractivity contribution in [2.45, 2.75) is 45.3 Å². The molecule has 0 saturated carbocycles. The van der Waals surface area contributed by atoms with E-state index in [2.05, 4.69) is 0 Å². The van der Waals surface area contributed by atoms with Crippen LogP contribution < -0.4 is 0 Å². The molecule has 0 heterocycles. The standard InChI is InChI=1S/C10H20O4/c1-5-10(2,3)14-9(12)6-8(11)7-13-4/h8,11H,5-7H2,1-4H3. The number of methoxy groups -OCH3 is 1. The molecule has 4 heteroatoms. The van der Waals surface area contributed by atoms with Crippen molar-refractivity contribution >= 4 is 5.97 Å². The van der Waals surface area contributed by atoms with Gasteiger partial charge in [0, 0.05) is 7.11 Å². The van der Waals surface area contributed by atoms with Crippen LogP contribution in [0.5, 0.6) is 0 Å². The van der Waals surface area contributed by atoms with E-state index in [0.717, 1.165) is 6.42 Å². The van der Waals surface area contributed by atoms with Gasteiger partial charge < -0.3 is 14.6 Å². The highest BCUT2D eigenvalue weighted by Crippen LogP contribution is 2.14. The summed E-state index contributed by atoms with van der Waals surface area (Å²) >= 11 is 0. The van der Waals surface area contributed by atoms with Crippen molar-refractivity contribution in [3.05, 3.63) is 0 Å². The molecule has 0 amide bonds. The first kappa shape index (κ1) is 13.4. The Morgan fingerprint density at radius 3 is 2.50 bits per heavy atom. The summed E-state index contributed by atoms with van der Waals surface area (Å²) in [6, 6.07) is 0. The van der Waals surface area contributed by atoms with Crippen LogP contribution in [0.4, 0.5) is 0 Å².